The first kappa shape index (κ1) is 14.5. The summed E-state index contributed by atoms with van der Waals surface area (Å²) in [5.41, 5.74) is 1.71. The predicted molar refractivity (Wildman–Crippen MR) is 73.1 cm³/mol. The van der Waals surface area contributed by atoms with Crippen LogP contribution in [0.25, 0.3) is 0 Å². The summed E-state index contributed by atoms with van der Waals surface area (Å²) in [4.78, 5) is 0. The summed E-state index contributed by atoms with van der Waals surface area (Å²) in [6.07, 6.45) is 4.31. The van der Waals surface area contributed by atoms with Gasteiger partial charge in [-0.05, 0) is 31.9 Å². The number of benzene rings is 1. The number of hydrogen-bond donors (Lipinski definition) is 1. The molecule has 3 heteroatoms. The monoisotopic (exact) mass is 248 g/mol. The van der Waals surface area contributed by atoms with Crippen molar-refractivity contribution in [1.82, 2.24) is 0 Å². The van der Waals surface area contributed by atoms with E-state index in [2.05, 4.69) is 19.2 Å². The molecule has 0 heterocycles. The van der Waals surface area contributed by atoms with Crippen molar-refractivity contribution in [3.63, 3.8) is 0 Å². The first-order chi connectivity index (χ1) is 8.62. The molecule has 0 saturated carbocycles. The lowest BCUT2D eigenvalue weighted by atomic mass is 10.0. The minimum absolute atomic E-state index is 0.316. The molecule has 0 aromatic heterocycles. The zero-order valence-electron chi connectivity index (χ0n) is 11.4. The van der Waals surface area contributed by atoms with Crippen LogP contribution in [0, 0.1) is 24.1 Å². The first-order valence-corrected chi connectivity index (χ1v) is 6.59. The second kappa shape index (κ2) is 7.00. The fourth-order valence-corrected chi connectivity index (χ4v) is 2.10. The van der Waals surface area contributed by atoms with E-state index in [1.54, 1.807) is 13.0 Å². The van der Waals surface area contributed by atoms with Gasteiger partial charge in [-0.25, -0.2) is 4.39 Å². The molecule has 98 valence electrons. The van der Waals surface area contributed by atoms with Crippen LogP contribution in [-0.4, -0.2) is 6.04 Å². The molecule has 0 aliphatic rings. The summed E-state index contributed by atoms with van der Waals surface area (Å²) in [5.74, 6) is -0.316. The van der Waals surface area contributed by atoms with Crippen molar-refractivity contribution in [3.05, 3.63) is 29.1 Å². The highest BCUT2D eigenvalue weighted by Gasteiger charge is 2.11. The molecule has 18 heavy (non-hydrogen) atoms. The highest BCUT2D eigenvalue weighted by Crippen LogP contribution is 2.23. The van der Waals surface area contributed by atoms with Crippen molar-refractivity contribution >= 4 is 5.69 Å². The molecule has 0 radical (unpaired) electrons. The third kappa shape index (κ3) is 3.73. The number of anilines is 1. The summed E-state index contributed by atoms with van der Waals surface area (Å²) in [6, 6.07) is 5.37. The van der Waals surface area contributed by atoms with Crippen LogP contribution in [0.1, 0.15) is 50.7 Å². The maximum atomic E-state index is 13.7. The van der Waals surface area contributed by atoms with Crippen molar-refractivity contribution < 1.29 is 4.39 Å². The number of halogens is 1. The topological polar surface area (TPSA) is 35.8 Å². The number of nitriles is 1. The van der Waals surface area contributed by atoms with E-state index in [0.29, 0.717) is 17.2 Å². The molecule has 1 N–H and O–H groups in total. The molecule has 1 aromatic rings. The van der Waals surface area contributed by atoms with Gasteiger partial charge in [-0.2, -0.15) is 5.26 Å². The summed E-state index contributed by atoms with van der Waals surface area (Å²) >= 11 is 0. The Balaban J connectivity index is 2.94. The normalized spacial score (nSPS) is 10.4. The van der Waals surface area contributed by atoms with Gasteiger partial charge in [-0.15, -0.1) is 0 Å². The molecular formula is C15H21FN2. The highest BCUT2D eigenvalue weighted by molar-refractivity contribution is 5.56. The minimum Gasteiger partial charge on any atom is -0.382 e. The maximum Gasteiger partial charge on any atom is 0.129 e. The van der Waals surface area contributed by atoms with Crippen LogP contribution in [-0.2, 0) is 0 Å². The van der Waals surface area contributed by atoms with Gasteiger partial charge in [0.25, 0.3) is 0 Å². The van der Waals surface area contributed by atoms with E-state index in [1.165, 1.54) is 6.07 Å². The van der Waals surface area contributed by atoms with Gasteiger partial charge in [0.15, 0.2) is 0 Å². The van der Waals surface area contributed by atoms with Crippen LogP contribution in [0.2, 0.25) is 0 Å². The van der Waals surface area contributed by atoms with Crippen molar-refractivity contribution in [2.75, 3.05) is 5.32 Å². The molecule has 0 unspecified atom stereocenters. The molecule has 0 fully saturated rings. The van der Waals surface area contributed by atoms with Crippen molar-refractivity contribution in [3.8, 4) is 6.07 Å². The van der Waals surface area contributed by atoms with Gasteiger partial charge >= 0.3 is 0 Å². The fourth-order valence-electron chi connectivity index (χ4n) is 2.10. The molecule has 2 nitrogen and oxygen atoms in total. The minimum atomic E-state index is -0.316. The molecule has 0 aliphatic carbocycles. The largest absolute Gasteiger partial charge is 0.382 e. The summed E-state index contributed by atoms with van der Waals surface area (Å²) in [7, 11) is 0. The predicted octanol–water partition coefficient (Wildman–Crippen LogP) is 4.39. The van der Waals surface area contributed by atoms with E-state index >= 15 is 0 Å². The summed E-state index contributed by atoms with van der Waals surface area (Å²) in [5, 5.41) is 12.2. The zero-order valence-corrected chi connectivity index (χ0v) is 11.4. The second-order valence-electron chi connectivity index (χ2n) is 4.66. The number of rotatable bonds is 6. The lowest BCUT2D eigenvalue weighted by molar-refractivity contribution is 0.582. The Hall–Kier alpha value is -1.56. The lowest BCUT2D eigenvalue weighted by Gasteiger charge is -2.20. The molecular weight excluding hydrogens is 227 g/mol. The van der Waals surface area contributed by atoms with Gasteiger partial charge in [0, 0.05) is 17.3 Å². The van der Waals surface area contributed by atoms with Gasteiger partial charge < -0.3 is 5.32 Å². The average molecular weight is 248 g/mol. The van der Waals surface area contributed by atoms with E-state index in [9.17, 15) is 4.39 Å². The first-order valence-electron chi connectivity index (χ1n) is 6.59. The van der Waals surface area contributed by atoms with Gasteiger partial charge in [-0.3, -0.25) is 0 Å². The van der Waals surface area contributed by atoms with Crippen LogP contribution in [0.15, 0.2) is 12.1 Å². The van der Waals surface area contributed by atoms with E-state index in [0.717, 1.165) is 31.4 Å². The number of nitrogens with one attached hydrogen (secondary N) is 1. The molecule has 0 atom stereocenters. The van der Waals surface area contributed by atoms with Gasteiger partial charge in [0.2, 0.25) is 0 Å². The van der Waals surface area contributed by atoms with Gasteiger partial charge in [0.05, 0.1) is 11.6 Å². The Kier molecular flexibility index (Phi) is 5.64. The van der Waals surface area contributed by atoms with Gasteiger partial charge in [0.1, 0.15) is 5.82 Å². The van der Waals surface area contributed by atoms with E-state index in [-0.39, 0.29) is 5.82 Å². The Morgan fingerprint density at radius 2 is 1.89 bits per heavy atom. The van der Waals surface area contributed by atoms with Crippen molar-refractivity contribution in [2.24, 2.45) is 0 Å². The Bertz CT molecular complexity index is 429. The number of hydrogen-bond acceptors (Lipinski definition) is 2. The van der Waals surface area contributed by atoms with Crippen LogP contribution in [0.3, 0.4) is 0 Å². The Labute approximate surface area is 109 Å². The SMILES string of the molecule is CCCC(CCC)Nc1cc(C#N)cc(F)c1C. The highest BCUT2D eigenvalue weighted by atomic mass is 19.1. The molecule has 0 bridgehead atoms. The van der Waals surface area contributed by atoms with Crippen molar-refractivity contribution in [2.45, 2.75) is 52.5 Å². The Morgan fingerprint density at radius 3 is 2.39 bits per heavy atom. The summed E-state index contributed by atoms with van der Waals surface area (Å²) in [6.45, 7) is 6.03. The third-order valence-electron chi connectivity index (χ3n) is 3.11. The van der Waals surface area contributed by atoms with Gasteiger partial charge in [-0.1, -0.05) is 26.7 Å². The molecule has 1 rings (SSSR count). The molecule has 0 saturated heterocycles. The third-order valence-corrected chi connectivity index (χ3v) is 3.11. The smallest absolute Gasteiger partial charge is 0.129 e. The zero-order chi connectivity index (χ0) is 13.5. The quantitative estimate of drug-likeness (QED) is 0.810. The van der Waals surface area contributed by atoms with Crippen LogP contribution in [0.4, 0.5) is 10.1 Å². The Morgan fingerprint density at radius 1 is 1.28 bits per heavy atom. The lowest BCUT2D eigenvalue weighted by Crippen LogP contribution is -2.19. The second-order valence-corrected chi connectivity index (χ2v) is 4.66. The van der Waals surface area contributed by atoms with E-state index in [1.807, 2.05) is 6.07 Å². The van der Waals surface area contributed by atoms with Crippen LogP contribution < -0.4 is 5.32 Å². The molecule has 0 aliphatic heterocycles. The maximum absolute atomic E-state index is 13.7. The fraction of sp³-hybridized carbons (Fsp3) is 0.533. The summed E-state index contributed by atoms with van der Waals surface area (Å²) < 4.78 is 13.7. The molecule has 1 aromatic carbocycles. The molecule has 0 amide bonds. The number of nitrogens with zero attached hydrogens (tertiary/aromatic N) is 1. The average Bonchev–Trinajstić information content (AvgIpc) is 2.35. The van der Waals surface area contributed by atoms with Crippen LogP contribution in [0.5, 0.6) is 0 Å². The van der Waals surface area contributed by atoms with Crippen molar-refractivity contribution in [1.29, 1.82) is 5.26 Å². The van der Waals surface area contributed by atoms with E-state index < -0.39 is 0 Å². The molecule has 0 spiro atoms. The standard InChI is InChI=1S/C15H21FN2/c1-4-6-13(7-5-2)18-15-9-12(10-17)8-14(16)11(15)3/h8-9,13,18H,4-7H2,1-3H3. The van der Waals surface area contributed by atoms with Crippen LogP contribution >= 0.6 is 0 Å². The van der Waals surface area contributed by atoms with E-state index in [4.69, 9.17) is 5.26 Å².